The molecule has 1 N–H and O–H groups in total. The molecule has 5 heteroatoms. The molecule has 0 saturated carbocycles. The first kappa shape index (κ1) is 19.3. The van der Waals surface area contributed by atoms with E-state index in [1.54, 1.807) is 26.2 Å². The second-order valence-electron chi connectivity index (χ2n) is 6.58. The van der Waals surface area contributed by atoms with Crippen molar-refractivity contribution in [3.63, 3.8) is 0 Å². The first-order chi connectivity index (χ1) is 11.7. The molecule has 0 bridgehead atoms. The number of hydrogen-bond donors (Lipinski definition) is 1. The third-order valence-corrected chi connectivity index (χ3v) is 5.91. The summed E-state index contributed by atoms with van der Waals surface area (Å²) in [7, 11) is -2.08. The van der Waals surface area contributed by atoms with E-state index in [0.717, 1.165) is 28.9 Å². The molecule has 0 heterocycles. The number of aryl methyl sites for hydroxylation is 3. The second kappa shape index (κ2) is 7.48. The third-order valence-electron chi connectivity index (χ3n) is 4.42. The van der Waals surface area contributed by atoms with E-state index < -0.39 is 10.0 Å². The molecule has 2 rings (SSSR count). The van der Waals surface area contributed by atoms with Crippen LogP contribution < -0.4 is 9.46 Å². The van der Waals surface area contributed by atoms with Gasteiger partial charge in [0.2, 0.25) is 0 Å². The van der Waals surface area contributed by atoms with Crippen LogP contribution in [0.15, 0.2) is 35.2 Å². The summed E-state index contributed by atoms with van der Waals surface area (Å²) >= 11 is 0. The number of anilines is 1. The Morgan fingerprint density at radius 1 is 1.12 bits per heavy atom. The Balaban J connectivity index is 2.56. The van der Waals surface area contributed by atoms with E-state index in [0.29, 0.717) is 16.1 Å². The van der Waals surface area contributed by atoms with Gasteiger partial charge in [-0.15, -0.1) is 0 Å². The van der Waals surface area contributed by atoms with E-state index in [9.17, 15) is 8.42 Å². The van der Waals surface area contributed by atoms with Gasteiger partial charge in [-0.1, -0.05) is 39.0 Å². The van der Waals surface area contributed by atoms with Crippen LogP contribution in [0, 0.1) is 13.8 Å². The molecule has 25 heavy (non-hydrogen) atoms. The second-order valence-corrected chi connectivity index (χ2v) is 8.23. The molecular formula is C20H27NO3S. The predicted molar refractivity (Wildman–Crippen MR) is 103 cm³/mol. The molecule has 0 aliphatic carbocycles. The minimum atomic E-state index is -3.69. The largest absolute Gasteiger partial charge is 0.496 e. The fraction of sp³-hybridized carbons (Fsp3) is 0.400. The fourth-order valence-electron chi connectivity index (χ4n) is 2.95. The average Bonchev–Trinajstić information content (AvgIpc) is 2.55. The number of methoxy groups -OCH3 is 1. The quantitative estimate of drug-likeness (QED) is 0.804. The van der Waals surface area contributed by atoms with Gasteiger partial charge in [0.05, 0.1) is 17.7 Å². The van der Waals surface area contributed by atoms with Crippen LogP contribution in [0.5, 0.6) is 5.75 Å². The highest BCUT2D eigenvalue weighted by Crippen LogP contribution is 2.33. The number of ether oxygens (including phenoxy) is 1. The van der Waals surface area contributed by atoms with Crippen LogP contribution in [-0.4, -0.2) is 15.5 Å². The molecule has 0 saturated heterocycles. The zero-order valence-electron chi connectivity index (χ0n) is 15.8. The fourth-order valence-corrected chi connectivity index (χ4v) is 4.39. The molecule has 0 radical (unpaired) electrons. The summed E-state index contributed by atoms with van der Waals surface area (Å²) in [6.45, 7) is 9.76. The Morgan fingerprint density at radius 3 is 2.36 bits per heavy atom. The van der Waals surface area contributed by atoms with E-state index in [1.165, 1.54) is 0 Å². The lowest BCUT2D eigenvalue weighted by Gasteiger charge is -2.18. The van der Waals surface area contributed by atoms with E-state index >= 15 is 0 Å². The lowest BCUT2D eigenvalue weighted by atomic mass is 10.0. The summed E-state index contributed by atoms with van der Waals surface area (Å²) in [6.07, 6.45) is 0.762. The molecule has 0 aliphatic heterocycles. The summed E-state index contributed by atoms with van der Waals surface area (Å²) in [5.41, 5.74) is 4.12. The Bertz CT molecular complexity index is 871. The van der Waals surface area contributed by atoms with Crippen molar-refractivity contribution in [2.24, 2.45) is 0 Å². The molecule has 0 amide bonds. The zero-order valence-corrected chi connectivity index (χ0v) is 16.6. The number of benzene rings is 2. The van der Waals surface area contributed by atoms with Gasteiger partial charge in [0.15, 0.2) is 0 Å². The summed E-state index contributed by atoms with van der Waals surface area (Å²) < 4.78 is 34.3. The van der Waals surface area contributed by atoms with Crippen LogP contribution >= 0.6 is 0 Å². The number of hydrogen-bond acceptors (Lipinski definition) is 3. The van der Waals surface area contributed by atoms with Gasteiger partial charge in [-0.05, 0) is 60.6 Å². The molecule has 0 unspecified atom stereocenters. The maximum Gasteiger partial charge on any atom is 0.262 e. The van der Waals surface area contributed by atoms with Crippen molar-refractivity contribution in [2.75, 3.05) is 11.8 Å². The van der Waals surface area contributed by atoms with Gasteiger partial charge in [-0.25, -0.2) is 8.42 Å². The normalized spacial score (nSPS) is 11.6. The topological polar surface area (TPSA) is 55.4 Å². The van der Waals surface area contributed by atoms with Crippen LogP contribution in [0.25, 0.3) is 0 Å². The van der Waals surface area contributed by atoms with Crippen LogP contribution in [0.1, 0.15) is 48.9 Å². The maximum atomic E-state index is 13.1. The Morgan fingerprint density at radius 2 is 1.80 bits per heavy atom. The van der Waals surface area contributed by atoms with E-state index in [4.69, 9.17) is 4.74 Å². The van der Waals surface area contributed by atoms with Crippen molar-refractivity contribution in [1.29, 1.82) is 0 Å². The van der Waals surface area contributed by atoms with Gasteiger partial charge in [0, 0.05) is 0 Å². The molecule has 0 atom stereocenters. The molecule has 4 nitrogen and oxygen atoms in total. The van der Waals surface area contributed by atoms with E-state index in [1.807, 2.05) is 45.9 Å². The van der Waals surface area contributed by atoms with Gasteiger partial charge in [-0.2, -0.15) is 0 Å². The summed E-state index contributed by atoms with van der Waals surface area (Å²) in [4.78, 5) is 0.294. The molecule has 0 spiro atoms. The third kappa shape index (κ3) is 3.98. The number of para-hydroxylation sites is 1. The van der Waals surface area contributed by atoms with Crippen molar-refractivity contribution in [3.8, 4) is 5.75 Å². The molecule has 0 aromatic heterocycles. The van der Waals surface area contributed by atoms with Crippen LogP contribution in [0.2, 0.25) is 0 Å². The molecular weight excluding hydrogens is 334 g/mol. The van der Waals surface area contributed by atoms with Crippen molar-refractivity contribution in [1.82, 2.24) is 0 Å². The van der Waals surface area contributed by atoms with Crippen LogP contribution in [0.3, 0.4) is 0 Å². The molecule has 0 fully saturated rings. The SMILES string of the molecule is CCc1cccc(C)c1NS(=O)(=O)c1cc(C(C)C)c(OC)cc1C. The average molecular weight is 362 g/mol. The lowest BCUT2D eigenvalue weighted by Crippen LogP contribution is -2.17. The van der Waals surface area contributed by atoms with Gasteiger partial charge in [-0.3, -0.25) is 4.72 Å². The summed E-state index contributed by atoms with van der Waals surface area (Å²) in [5.74, 6) is 0.880. The highest BCUT2D eigenvalue weighted by atomic mass is 32.2. The van der Waals surface area contributed by atoms with Crippen molar-refractivity contribution in [3.05, 3.63) is 52.6 Å². The smallest absolute Gasteiger partial charge is 0.262 e. The number of rotatable bonds is 6. The lowest BCUT2D eigenvalue weighted by molar-refractivity contribution is 0.406. The Kier molecular flexibility index (Phi) is 5.78. The van der Waals surface area contributed by atoms with Crippen molar-refractivity contribution in [2.45, 2.75) is 51.9 Å². The van der Waals surface area contributed by atoms with Gasteiger partial charge >= 0.3 is 0 Å². The van der Waals surface area contributed by atoms with Crippen molar-refractivity contribution >= 4 is 15.7 Å². The predicted octanol–water partition coefficient (Wildman–Crippen LogP) is 4.80. The van der Waals surface area contributed by atoms with E-state index in [-0.39, 0.29) is 5.92 Å². The Hall–Kier alpha value is -2.01. The minimum absolute atomic E-state index is 0.161. The van der Waals surface area contributed by atoms with E-state index in [2.05, 4.69) is 4.72 Å². The van der Waals surface area contributed by atoms with Gasteiger partial charge < -0.3 is 4.74 Å². The highest BCUT2D eigenvalue weighted by molar-refractivity contribution is 7.92. The first-order valence-electron chi connectivity index (χ1n) is 8.51. The zero-order chi connectivity index (χ0) is 18.8. The first-order valence-corrected chi connectivity index (χ1v) is 9.99. The molecule has 2 aromatic carbocycles. The van der Waals surface area contributed by atoms with Crippen LogP contribution in [0.4, 0.5) is 5.69 Å². The summed E-state index contributed by atoms with van der Waals surface area (Å²) in [5, 5.41) is 0. The number of sulfonamides is 1. The highest BCUT2D eigenvalue weighted by Gasteiger charge is 2.22. The standard InChI is InChI=1S/C20H27NO3S/c1-7-16-10-8-9-14(4)20(16)21-25(22,23)19-12-17(13(2)3)18(24-6)11-15(19)5/h8-13,21H,7H2,1-6H3. The van der Waals surface area contributed by atoms with Gasteiger partial charge in [0.25, 0.3) is 10.0 Å². The molecule has 136 valence electrons. The number of nitrogens with one attached hydrogen (secondary N) is 1. The summed E-state index contributed by atoms with van der Waals surface area (Å²) in [6, 6.07) is 9.33. The van der Waals surface area contributed by atoms with Crippen molar-refractivity contribution < 1.29 is 13.2 Å². The van der Waals surface area contributed by atoms with Gasteiger partial charge in [0.1, 0.15) is 5.75 Å². The minimum Gasteiger partial charge on any atom is -0.496 e. The molecule has 0 aliphatic rings. The van der Waals surface area contributed by atoms with Crippen LogP contribution in [-0.2, 0) is 16.4 Å². The maximum absolute atomic E-state index is 13.1. The Labute approximate surface area is 151 Å². The monoisotopic (exact) mass is 361 g/mol. The molecule has 2 aromatic rings.